The van der Waals surface area contributed by atoms with Gasteiger partial charge in [0.15, 0.2) is 12.3 Å². The lowest BCUT2D eigenvalue weighted by Crippen LogP contribution is -2.44. The highest BCUT2D eigenvalue weighted by Gasteiger charge is 2.24. The maximum atomic E-state index is 12.9. The van der Waals surface area contributed by atoms with Crippen LogP contribution in [0.3, 0.4) is 0 Å². The average molecular weight is 467 g/mol. The predicted octanol–water partition coefficient (Wildman–Crippen LogP) is 3.19. The van der Waals surface area contributed by atoms with Crippen molar-refractivity contribution < 1.29 is 23.9 Å². The summed E-state index contributed by atoms with van der Waals surface area (Å²) in [5, 5.41) is 7.50. The molecule has 3 rings (SSSR count). The third-order valence-electron chi connectivity index (χ3n) is 5.33. The summed E-state index contributed by atoms with van der Waals surface area (Å²) in [5.41, 5.74) is 2.46. The van der Waals surface area contributed by atoms with Gasteiger partial charge in [0.25, 0.3) is 5.91 Å². The molecule has 1 N–H and O–H groups in total. The predicted molar refractivity (Wildman–Crippen MR) is 126 cm³/mol. The Hall–Kier alpha value is -3.75. The molecule has 0 saturated heterocycles. The third-order valence-corrected chi connectivity index (χ3v) is 5.33. The van der Waals surface area contributed by atoms with Crippen LogP contribution in [0.1, 0.15) is 61.3 Å². The Labute approximate surface area is 198 Å². The largest absolute Gasteiger partial charge is 0.467 e. The fraction of sp³-hybridized carbons (Fsp3) is 0.400. The van der Waals surface area contributed by atoms with E-state index >= 15 is 0 Å². The molecule has 0 saturated carbocycles. The minimum absolute atomic E-state index is 0.0573. The molecule has 1 amide bonds. The van der Waals surface area contributed by atoms with Crippen molar-refractivity contribution in [2.75, 3.05) is 13.7 Å². The van der Waals surface area contributed by atoms with Crippen molar-refractivity contribution in [2.45, 2.75) is 52.1 Å². The van der Waals surface area contributed by atoms with Gasteiger partial charge in [-0.05, 0) is 31.4 Å². The highest BCUT2D eigenvalue weighted by molar-refractivity contribution is 6.03. The summed E-state index contributed by atoms with van der Waals surface area (Å²) >= 11 is 0. The monoisotopic (exact) mass is 466 g/mol. The molecule has 0 radical (unpaired) electrons. The lowest BCUT2D eigenvalue weighted by molar-refractivity contribution is -0.145. The number of aromatic nitrogens is 3. The first-order valence-electron chi connectivity index (χ1n) is 11.2. The van der Waals surface area contributed by atoms with Crippen molar-refractivity contribution in [3.63, 3.8) is 0 Å². The summed E-state index contributed by atoms with van der Waals surface area (Å²) in [4.78, 5) is 42.3. The average Bonchev–Trinajstić information content (AvgIpc) is 3.26. The van der Waals surface area contributed by atoms with Crippen LogP contribution in [0.15, 0.2) is 42.6 Å². The summed E-state index contributed by atoms with van der Waals surface area (Å²) in [7, 11) is 1.25. The Balaban J connectivity index is 1.74. The van der Waals surface area contributed by atoms with Gasteiger partial charge in [-0.25, -0.2) is 19.3 Å². The van der Waals surface area contributed by atoms with E-state index in [0.717, 1.165) is 11.3 Å². The van der Waals surface area contributed by atoms with Gasteiger partial charge in [0.1, 0.15) is 6.04 Å². The molecule has 2 heterocycles. The van der Waals surface area contributed by atoms with E-state index in [2.05, 4.69) is 15.4 Å². The number of ether oxygens (including phenoxy) is 2. The van der Waals surface area contributed by atoms with Gasteiger partial charge in [0.05, 0.1) is 24.3 Å². The van der Waals surface area contributed by atoms with E-state index in [1.807, 2.05) is 58.0 Å². The summed E-state index contributed by atoms with van der Waals surface area (Å²) in [6, 6.07) is 10.1. The van der Waals surface area contributed by atoms with Crippen molar-refractivity contribution in [3.8, 4) is 0 Å². The molecule has 9 heteroatoms. The summed E-state index contributed by atoms with van der Waals surface area (Å²) < 4.78 is 11.9. The Morgan fingerprint density at radius 3 is 2.41 bits per heavy atom. The van der Waals surface area contributed by atoms with E-state index in [9.17, 15) is 14.4 Å². The van der Waals surface area contributed by atoms with Gasteiger partial charge in [-0.2, -0.15) is 5.10 Å². The Morgan fingerprint density at radius 2 is 1.79 bits per heavy atom. The molecule has 34 heavy (non-hydrogen) atoms. The number of esters is 2. The van der Waals surface area contributed by atoms with Crippen LogP contribution in [0.5, 0.6) is 0 Å². The number of carbonyl (C=O) groups is 3. The van der Waals surface area contributed by atoms with Gasteiger partial charge >= 0.3 is 11.9 Å². The van der Waals surface area contributed by atoms with Gasteiger partial charge in [0, 0.05) is 18.2 Å². The minimum Gasteiger partial charge on any atom is -0.467 e. The van der Waals surface area contributed by atoms with Crippen molar-refractivity contribution >= 4 is 28.9 Å². The molecule has 1 unspecified atom stereocenters. The third kappa shape index (κ3) is 5.78. The lowest BCUT2D eigenvalue weighted by Gasteiger charge is -2.17. The highest BCUT2D eigenvalue weighted by atomic mass is 16.5. The minimum atomic E-state index is -0.900. The second-order valence-electron chi connectivity index (χ2n) is 8.58. The lowest BCUT2D eigenvalue weighted by atomic mass is 10.1. The van der Waals surface area contributed by atoms with Gasteiger partial charge in [0.2, 0.25) is 0 Å². The fourth-order valence-electron chi connectivity index (χ4n) is 3.51. The molecule has 0 aliphatic carbocycles. The number of nitrogens with zero attached hydrogens (tertiary/aromatic N) is 3. The molecule has 1 aromatic carbocycles. The number of amides is 1. The highest BCUT2D eigenvalue weighted by Crippen LogP contribution is 2.25. The zero-order valence-corrected chi connectivity index (χ0v) is 20.1. The first-order valence-corrected chi connectivity index (χ1v) is 11.2. The normalized spacial score (nSPS) is 12.1. The standard InChI is InChI=1S/C25H30N4O5/c1-15(2)20-12-18(19-13-26-29(16(3)4)23(19)28-20)24(31)34-14-22(30)27-21(25(32)33-5)11-17-9-7-6-8-10-17/h6-10,12-13,15-16,21H,11,14H2,1-5H3,(H,27,30). The van der Waals surface area contributed by atoms with Crippen LogP contribution in [0.2, 0.25) is 0 Å². The van der Waals surface area contributed by atoms with E-state index < -0.39 is 30.5 Å². The maximum Gasteiger partial charge on any atom is 0.339 e. The smallest absolute Gasteiger partial charge is 0.339 e. The van der Waals surface area contributed by atoms with Crippen molar-refractivity contribution in [2.24, 2.45) is 0 Å². The number of benzene rings is 1. The number of pyridine rings is 1. The summed E-state index contributed by atoms with van der Waals surface area (Å²) in [5.74, 6) is -1.77. The number of methoxy groups -OCH3 is 1. The molecule has 0 spiro atoms. The quantitative estimate of drug-likeness (QED) is 0.482. The molecule has 0 bridgehead atoms. The summed E-state index contributed by atoms with van der Waals surface area (Å²) in [6.45, 7) is 7.37. The first kappa shape index (κ1) is 24.9. The second-order valence-corrected chi connectivity index (χ2v) is 8.58. The number of carbonyl (C=O) groups excluding carboxylic acids is 3. The van der Waals surface area contributed by atoms with Crippen LogP contribution < -0.4 is 5.32 Å². The Bertz CT molecular complexity index is 1170. The van der Waals surface area contributed by atoms with Crippen LogP contribution in [-0.2, 0) is 25.5 Å². The topological polar surface area (TPSA) is 112 Å². The number of hydrogen-bond acceptors (Lipinski definition) is 7. The van der Waals surface area contributed by atoms with Crippen LogP contribution in [0, 0.1) is 0 Å². The van der Waals surface area contributed by atoms with E-state index in [0.29, 0.717) is 16.6 Å². The molecule has 2 aromatic heterocycles. The first-order chi connectivity index (χ1) is 16.2. The molecular weight excluding hydrogens is 436 g/mol. The molecule has 3 aromatic rings. The molecular formula is C25H30N4O5. The van der Waals surface area contributed by atoms with Crippen molar-refractivity contribution in [1.29, 1.82) is 0 Å². The van der Waals surface area contributed by atoms with Crippen LogP contribution in [-0.4, -0.2) is 52.4 Å². The molecule has 180 valence electrons. The second kappa shape index (κ2) is 10.9. The fourth-order valence-corrected chi connectivity index (χ4v) is 3.51. The summed E-state index contributed by atoms with van der Waals surface area (Å²) in [6.07, 6.45) is 1.83. The SMILES string of the molecule is COC(=O)C(Cc1ccccc1)NC(=O)COC(=O)c1cc(C(C)C)nc2c1cnn2C(C)C. The van der Waals surface area contributed by atoms with Gasteiger partial charge in [-0.1, -0.05) is 44.2 Å². The molecule has 9 nitrogen and oxygen atoms in total. The zero-order chi connectivity index (χ0) is 24.8. The van der Waals surface area contributed by atoms with Gasteiger partial charge < -0.3 is 14.8 Å². The molecule has 1 atom stereocenters. The van der Waals surface area contributed by atoms with Crippen LogP contribution in [0.4, 0.5) is 0 Å². The van der Waals surface area contributed by atoms with E-state index in [1.165, 1.54) is 7.11 Å². The van der Waals surface area contributed by atoms with Gasteiger partial charge in [-0.3, -0.25) is 4.79 Å². The van der Waals surface area contributed by atoms with Gasteiger partial charge in [-0.15, -0.1) is 0 Å². The maximum absolute atomic E-state index is 12.9. The molecule has 0 aliphatic heterocycles. The van der Waals surface area contributed by atoms with Crippen LogP contribution >= 0.6 is 0 Å². The van der Waals surface area contributed by atoms with E-state index in [1.54, 1.807) is 16.9 Å². The van der Waals surface area contributed by atoms with E-state index in [4.69, 9.17) is 9.47 Å². The van der Waals surface area contributed by atoms with Crippen molar-refractivity contribution in [3.05, 3.63) is 59.4 Å². The number of nitrogens with one attached hydrogen (secondary N) is 1. The zero-order valence-electron chi connectivity index (χ0n) is 20.1. The number of hydrogen-bond donors (Lipinski definition) is 1. The number of fused-ring (bicyclic) bond motifs is 1. The molecule has 0 aliphatic rings. The number of rotatable bonds is 9. The van der Waals surface area contributed by atoms with E-state index in [-0.39, 0.29) is 18.4 Å². The van der Waals surface area contributed by atoms with Crippen molar-refractivity contribution in [1.82, 2.24) is 20.1 Å². The Morgan fingerprint density at radius 1 is 1.09 bits per heavy atom. The Kier molecular flexibility index (Phi) is 7.99. The molecule has 0 fully saturated rings. The van der Waals surface area contributed by atoms with Crippen LogP contribution in [0.25, 0.3) is 11.0 Å².